The number of aromatic nitrogens is 3. The molecular weight excluding hydrogens is 331 g/mol. The number of hydrogen-bond donors (Lipinski definition) is 1. The third-order valence-corrected chi connectivity index (χ3v) is 5.01. The van der Waals surface area contributed by atoms with Crippen molar-refractivity contribution in [2.24, 2.45) is 0 Å². The minimum absolute atomic E-state index is 0.163. The van der Waals surface area contributed by atoms with Crippen molar-refractivity contribution in [1.82, 2.24) is 15.2 Å². The second-order valence-electron chi connectivity index (χ2n) is 5.60. The van der Waals surface area contributed by atoms with E-state index in [1.807, 2.05) is 0 Å². The summed E-state index contributed by atoms with van der Waals surface area (Å²) in [7, 11) is -3.80. The molecule has 1 aliphatic carbocycles. The molecule has 23 heavy (non-hydrogen) atoms. The predicted octanol–water partition coefficient (Wildman–Crippen LogP) is 2.82. The lowest BCUT2D eigenvalue weighted by atomic mass is 10.1. The molecule has 0 radical (unpaired) electrons. The highest BCUT2D eigenvalue weighted by molar-refractivity contribution is 7.89. The van der Waals surface area contributed by atoms with Gasteiger partial charge in [0.25, 0.3) is 0 Å². The molecule has 0 amide bonds. The first-order valence-corrected chi connectivity index (χ1v) is 8.83. The summed E-state index contributed by atoms with van der Waals surface area (Å²) in [5.41, 5.74) is -1.19. The lowest BCUT2D eigenvalue weighted by Gasteiger charge is -2.12. The molecule has 1 aromatic carbocycles. The van der Waals surface area contributed by atoms with Gasteiger partial charge in [0.05, 0.1) is 11.3 Å². The number of sulfone groups is 1. The number of aromatic amines is 1. The molecule has 1 aliphatic rings. The van der Waals surface area contributed by atoms with Crippen molar-refractivity contribution in [1.29, 1.82) is 0 Å². The van der Waals surface area contributed by atoms with Crippen molar-refractivity contribution >= 4 is 9.84 Å². The summed E-state index contributed by atoms with van der Waals surface area (Å²) >= 11 is 0. The van der Waals surface area contributed by atoms with Gasteiger partial charge in [0.2, 0.25) is 0 Å². The highest BCUT2D eigenvalue weighted by Gasteiger charge is 2.34. The van der Waals surface area contributed by atoms with Gasteiger partial charge in [-0.2, -0.15) is 18.3 Å². The van der Waals surface area contributed by atoms with Crippen LogP contribution >= 0.6 is 0 Å². The normalized spacial score (nSPS) is 15.8. The zero-order chi connectivity index (χ0) is 16.7. The molecule has 1 fully saturated rings. The fourth-order valence-electron chi connectivity index (χ4n) is 2.32. The van der Waals surface area contributed by atoms with E-state index in [1.54, 1.807) is 0 Å². The molecule has 0 spiro atoms. The predicted molar refractivity (Wildman–Crippen MR) is 76.1 cm³/mol. The monoisotopic (exact) mass is 345 g/mol. The fourth-order valence-corrected chi connectivity index (χ4v) is 3.69. The van der Waals surface area contributed by atoms with E-state index >= 15 is 0 Å². The van der Waals surface area contributed by atoms with Crippen molar-refractivity contribution in [2.45, 2.75) is 36.4 Å². The third-order valence-electron chi connectivity index (χ3n) is 3.55. The van der Waals surface area contributed by atoms with Crippen molar-refractivity contribution in [3.63, 3.8) is 0 Å². The summed E-state index contributed by atoms with van der Waals surface area (Å²) in [5, 5.41) is 6.50. The first-order valence-electron chi connectivity index (χ1n) is 7.01. The Balaban J connectivity index is 1.78. The molecular formula is C14H14F3N3O2S. The van der Waals surface area contributed by atoms with Crippen LogP contribution in [0.15, 0.2) is 24.3 Å². The van der Waals surface area contributed by atoms with Gasteiger partial charge in [-0.15, -0.1) is 0 Å². The van der Waals surface area contributed by atoms with Gasteiger partial charge in [-0.1, -0.05) is 18.2 Å². The molecule has 5 nitrogen and oxygen atoms in total. The van der Waals surface area contributed by atoms with E-state index in [1.165, 1.54) is 18.2 Å². The first-order chi connectivity index (χ1) is 10.7. The van der Waals surface area contributed by atoms with Crippen LogP contribution in [-0.2, 0) is 27.5 Å². The summed E-state index contributed by atoms with van der Waals surface area (Å²) in [6.45, 7) is 0. The quantitative estimate of drug-likeness (QED) is 0.904. The van der Waals surface area contributed by atoms with Crippen molar-refractivity contribution in [3.05, 3.63) is 47.0 Å². The number of hydrogen-bond acceptors (Lipinski definition) is 4. The molecule has 1 N–H and O–H groups in total. The average molecular weight is 345 g/mol. The van der Waals surface area contributed by atoms with Gasteiger partial charge in [0, 0.05) is 5.92 Å². The number of nitrogens with zero attached hydrogens (tertiary/aromatic N) is 2. The van der Waals surface area contributed by atoms with Gasteiger partial charge in [-0.25, -0.2) is 13.4 Å². The minimum atomic E-state index is -4.59. The van der Waals surface area contributed by atoms with Crippen LogP contribution in [0, 0.1) is 0 Å². The van der Waals surface area contributed by atoms with Crippen LogP contribution in [0.4, 0.5) is 13.2 Å². The molecule has 9 heteroatoms. The number of rotatable bonds is 5. The van der Waals surface area contributed by atoms with E-state index in [0.29, 0.717) is 5.82 Å². The summed E-state index contributed by atoms with van der Waals surface area (Å²) < 4.78 is 63.2. The van der Waals surface area contributed by atoms with Gasteiger partial charge < -0.3 is 0 Å². The molecule has 3 rings (SSSR count). The van der Waals surface area contributed by atoms with E-state index < -0.39 is 33.1 Å². The minimum Gasteiger partial charge on any atom is -0.262 e. The topological polar surface area (TPSA) is 75.7 Å². The van der Waals surface area contributed by atoms with Crippen LogP contribution in [0.3, 0.4) is 0 Å². The lowest BCUT2D eigenvalue weighted by molar-refractivity contribution is -0.138. The van der Waals surface area contributed by atoms with Crippen LogP contribution < -0.4 is 0 Å². The molecule has 2 aromatic rings. The van der Waals surface area contributed by atoms with E-state index in [2.05, 4.69) is 15.2 Å². The third kappa shape index (κ3) is 3.90. The molecule has 0 atom stereocenters. The Morgan fingerprint density at radius 2 is 1.87 bits per heavy atom. The Kier molecular flexibility index (Phi) is 3.91. The maximum absolute atomic E-state index is 12.9. The maximum Gasteiger partial charge on any atom is 0.416 e. The maximum atomic E-state index is 12.9. The van der Waals surface area contributed by atoms with E-state index in [0.717, 1.165) is 18.9 Å². The number of alkyl halides is 3. The second kappa shape index (κ2) is 5.63. The Morgan fingerprint density at radius 1 is 1.17 bits per heavy atom. The van der Waals surface area contributed by atoms with Crippen LogP contribution in [0.25, 0.3) is 0 Å². The van der Waals surface area contributed by atoms with Gasteiger partial charge in [-0.05, 0) is 24.5 Å². The zero-order valence-corrected chi connectivity index (χ0v) is 12.8. The van der Waals surface area contributed by atoms with E-state index in [-0.39, 0.29) is 17.3 Å². The van der Waals surface area contributed by atoms with E-state index in [9.17, 15) is 21.6 Å². The summed E-state index contributed by atoms with van der Waals surface area (Å²) in [6, 6.07) is 4.68. The number of H-pyrrole nitrogens is 1. The highest BCUT2D eigenvalue weighted by atomic mass is 32.2. The van der Waals surface area contributed by atoms with E-state index in [4.69, 9.17) is 0 Å². The summed E-state index contributed by atoms with van der Waals surface area (Å²) in [4.78, 5) is 4.10. The highest BCUT2D eigenvalue weighted by Crippen LogP contribution is 2.38. The van der Waals surface area contributed by atoms with Gasteiger partial charge in [0.15, 0.2) is 15.7 Å². The Labute approximate surface area is 130 Å². The molecule has 124 valence electrons. The first kappa shape index (κ1) is 16.0. The van der Waals surface area contributed by atoms with Gasteiger partial charge >= 0.3 is 6.18 Å². The summed E-state index contributed by atoms with van der Waals surface area (Å²) in [5.74, 6) is -0.142. The molecule has 1 saturated carbocycles. The smallest absolute Gasteiger partial charge is 0.262 e. The van der Waals surface area contributed by atoms with Crippen LogP contribution in [-0.4, -0.2) is 23.6 Å². The molecule has 0 unspecified atom stereocenters. The van der Waals surface area contributed by atoms with Gasteiger partial charge in [-0.3, -0.25) is 5.10 Å². The van der Waals surface area contributed by atoms with Gasteiger partial charge in [0.1, 0.15) is 11.6 Å². The molecule has 1 aromatic heterocycles. The van der Waals surface area contributed by atoms with Crippen LogP contribution in [0.1, 0.15) is 41.5 Å². The molecule has 0 bridgehead atoms. The number of benzene rings is 1. The van der Waals surface area contributed by atoms with Crippen molar-refractivity contribution in [3.8, 4) is 0 Å². The number of nitrogens with one attached hydrogen (secondary N) is 1. The van der Waals surface area contributed by atoms with Crippen molar-refractivity contribution in [2.75, 3.05) is 0 Å². The summed E-state index contributed by atoms with van der Waals surface area (Å²) in [6.07, 6.45) is -2.64. The fraction of sp³-hybridized carbons (Fsp3) is 0.429. The largest absolute Gasteiger partial charge is 0.416 e. The van der Waals surface area contributed by atoms with Crippen molar-refractivity contribution < 1.29 is 21.6 Å². The van der Waals surface area contributed by atoms with Crippen LogP contribution in [0.2, 0.25) is 0 Å². The Bertz CT molecular complexity index is 811. The average Bonchev–Trinajstić information content (AvgIpc) is 3.19. The Hall–Kier alpha value is -1.90. The van der Waals surface area contributed by atoms with Crippen LogP contribution in [0.5, 0.6) is 0 Å². The number of halogens is 3. The Morgan fingerprint density at radius 3 is 2.52 bits per heavy atom. The molecule has 0 aliphatic heterocycles. The molecule has 1 heterocycles. The standard InChI is InChI=1S/C14H14F3N3O2S/c15-14(16,17)11-4-2-1-3-10(11)7-23(21,22)8-12-18-13(20-19-12)9-5-6-9/h1-4,9H,5-8H2,(H,18,19,20). The lowest BCUT2D eigenvalue weighted by Crippen LogP contribution is -2.14. The second-order valence-corrected chi connectivity index (χ2v) is 7.67. The zero-order valence-electron chi connectivity index (χ0n) is 12.0. The SMILES string of the molecule is O=S(=O)(Cc1nc(C2CC2)n[nH]1)Cc1ccccc1C(F)(F)F. The molecule has 0 saturated heterocycles.